The largest absolute Gasteiger partial charge is 0.497 e. The monoisotopic (exact) mass is 488 g/mol. The van der Waals surface area contributed by atoms with Crippen LogP contribution in [0.2, 0.25) is 0 Å². The highest BCUT2D eigenvalue weighted by molar-refractivity contribution is 8.08. The summed E-state index contributed by atoms with van der Waals surface area (Å²) in [5, 5.41) is 0.963. The van der Waals surface area contributed by atoms with E-state index in [1.807, 2.05) is 48.9 Å². The fourth-order valence-electron chi connectivity index (χ4n) is 4.09. The van der Waals surface area contributed by atoms with Gasteiger partial charge in [-0.2, -0.15) is 4.57 Å². The molecule has 172 valence electrons. The number of rotatable bonds is 5. The van der Waals surface area contributed by atoms with Crippen molar-refractivity contribution in [2.24, 2.45) is 0 Å². The van der Waals surface area contributed by atoms with E-state index in [4.69, 9.17) is 4.74 Å². The average Bonchev–Trinajstić information content (AvgIpc) is 3.36. The van der Waals surface area contributed by atoms with Gasteiger partial charge in [0, 0.05) is 48.3 Å². The molecule has 0 N–H and O–H groups in total. The highest BCUT2D eigenvalue weighted by atomic mass is 32.2. The van der Waals surface area contributed by atoms with Crippen molar-refractivity contribution in [3.8, 4) is 5.75 Å². The molecule has 0 bridgehead atoms. The Hall–Kier alpha value is -3.29. The van der Waals surface area contributed by atoms with E-state index in [1.165, 1.54) is 5.56 Å². The Morgan fingerprint density at radius 2 is 1.85 bits per heavy atom. The molecule has 0 spiro atoms. The van der Waals surface area contributed by atoms with Crippen LogP contribution in [0.3, 0.4) is 0 Å². The van der Waals surface area contributed by atoms with Gasteiger partial charge in [0.15, 0.2) is 12.7 Å². The zero-order valence-electron chi connectivity index (χ0n) is 19.4. The third kappa shape index (κ3) is 4.17. The maximum atomic E-state index is 13.5. The van der Waals surface area contributed by atoms with Crippen LogP contribution in [0, 0.1) is 0 Å². The quantitative estimate of drug-likeness (QED) is 0.404. The predicted octanol–water partition coefficient (Wildman–Crippen LogP) is 3.41. The van der Waals surface area contributed by atoms with Crippen molar-refractivity contribution >= 4 is 39.9 Å². The predicted molar refractivity (Wildman–Crippen MR) is 140 cm³/mol. The molecule has 5 rings (SSSR count). The van der Waals surface area contributed by atoms with Crippen LogP contribution in [-0.4, -0.2) is 18.7 Å². The lowest BCUT2D eigenvalue weighted by Crippen LogP contribution is -2.38. The molecule has 7 heteroatoms. The Bertz CT molecular complexity index is 1520. The number of thioether (sulfide) groups is 1. The number of hydrogen-bond donors (Lipinski definition) is 0. The molecule has 0 amide bonds. The molecule has 0 saturated carbocycles. The lowest BCUT2D eigenvalue weighted by atomic mass is 10.2. The van der Waals surface area contributed by atoms with Gasteiger partial charge in [0.25, 0.3) is 5.56 Å². The number of aromatic nitrogens is 2. The first-order valence-corrected chi connectivity index (χ1v) is 12.8. The number of thiazole rings is 1. The minimum atomic E-state index is 0.0541. The topological polar surface area (TPSA) is 38.4 Å². The number of methoxy groups -OCH3 is 1. The van der Waals surface area contributed by atoms with Gasteiger partial charge in [0.2, 0.25) is 5.69 Å². The standard InChI is InChI=1S/C27H26N3O2S2/c1-4-30-24(16-20-12-8-9-15-29(20)18-19-10-6-5-7-11-19)34-25(26(30)31)27-28(2)22-17-21(32-3)13-14-23(22)33-27/h5-17H,4,18H2,1-3H3/q+1. The first-order valence-electron chi connectivity index (χ1n) is 11.2. The lowest BCUT2D eigenvalue weighted by molar-refractivity contribution is -0.690. The Balaban J connectivity index is 1.62. The minimum absolute atomic E-state index is 0.0541. The molecule has 1 aliphatic heterocycles. The molecule has 4 aromatic rings. The van der Waals surface area contributed by atoms with Crippen molar-refractivity contribution in [2.45, 2.75) is 24.9 Å². The Labute approximate surface area is 206 Å². The van der Waals surface area contributed by atoms with Crippen molar-refractivity contribution in [3.05, 3.63) is 104 Å². The molecular weight excluding hydrogens is 462 g/mol. The molecule has 0 aliphatic carbocycles. The van der Waals surface area contributed by atoms with Crippen molar-refractivity contribution < 1.29 is 9.30 Å². The van der Waals surface area contributed by atoms with Gasteiger partial charge < -0.3 is 9.64 Å². The summed E-state index contributed by atoms with van der Waals surface area (Å²) in [6, 6.07) is 22.6. The number of pyridine rings is 1. The van der Waals surface area contributed by atoms with Gasteiger partial charge in [-0.25, -0.2) is 0 Å². The van der Waals surface area contributed by atoms with E-state index in [0.717, 1.165) is 42.8 Å². The van der Waals surface area contributed by atoms with E-state index < -0.39 is 0 Å². The molecule has 0 fully saturated rings. The molecule has 0 radical (unpaired) electrons. The SMILES string of the molecule is CCn1c(=Cc2cccc[n+]2Cc2ccccc2)sc(=C2Sc3ccc(OC)cc3N2C)c1=O. The number of ether oxygens (including phenoxy) is 1. The van der Waals surface area contributed by atoms with Crippen LogP contribution in [0.5, 0.6) is 5.75 Å². The Kier molecular flexibility index (Phi) is 6.30. The first-order chi connectivity index (χ1) is 16.6. The summed E-state index contributed by atoms with van der Waals surface area (Å²) in [5.41, 5.74) is 3.41. The average molecular weight is 489 g/mol. The van der Waals surface area contributed by atoms with Gasteiger partial charge in [0.1, 0.15) is 20.0 Å². The molecule has 0 atom stereocenters. The van der Waals surface area contributed by atoms with E-state index in [1.54, 1.807) is 30.2 Å². The van der Waals surface area contributed by atoms with E-state index in [-0.39, 0.29) is 5.56 Å². The van der Waals surface area contributed by atoms with Crippen molar-refractivity contribution in [2.75, 3.05) is 19.1 Å². The molecule has 5 nitrogen and oxygen atoms in total. The zero-order valence-corrected chi connectivity index (χ0v) is 21.0. The fourth-order valence-corrected chi connectivity index (χ4v) is 6.54. The number of anilines is 1. The van der Waals surface area contributed by atoms with Crippen molar-refractivity contribution in [3.63, 3.8) is 0 Å². The van der Waals surface area contributed by atoms with Gasteiger partial charge in [0.05, 0.1) is 12.8 Å². The van der Waals surface area contributed by atoms with E-state index in [2.05, 4.69) is 58.1 Å². The normalized spacial score (nSPS) is 15.0. The van der Waals surface area contributed by atoms with Gasteiger partial charge in [-0.05, 0) is 25.1 Å². The lowest BCUT2D eigenvalue weighted by Gasteiger charge is -2.13. The minimum Gasteiger partial charge on any atom is -0.497 e. The maximum Gasteiger partial charge on any atom is 0.271 e. The number of hydrogen-bond acceptors (Lipinski definition) is 5. The smallest absolute Gasteiger partial charge is 0.271 e. The summed E-state index contributed by atoms with van der Waals surface area (Å²) in [6.07, 6.45) is 4.21. The summed E-state index contributed by atoms with van der Waals surface area (Å²) in [6.45, 7) is 3.42. The number of nitrogens with zero attached hydrogens (tertiary/aromatic N) is 3. The maximum absolute atomic E-state index is 13.5. The van der Waals surface area contributed by atoms with Gasteiger partial charge in [-0.3, -0.25) is 9.36 Å². The van der Waals surface area contributed by atoms with Crippen molar-refractivity contribution in [1.82, 2.24) is 4.57 Å². The molecule has 0 saturated heterocycles. The van der Waals surface area contributed by atoms with Crippen LogP contribution in [0.4, 0.5) is 5.69 Å². The summed E-state index contributed by atoms with van der Waals surface area (Å²) >= 11 is 3.19. The second kappa shape index (κ2) is 9.52. The van der Waals surface area contributed by atoms with E-state index in [0.29, 0.717) is 6.54 Å². The van der Waals surface area contributed by atoms with Crippen LogP contribution in [0.15, 0.2) is 82.6 Å². The second-order valence-corrected chi connectivity index (χ2v) is 10.1. The Morgan fingerprint density at radius 3 is 2.62 bits per heavy atom. The molecule has 2 aromatic heterocycles. The Morgan fingerprint density at radius 1 is 1.06 bits per heavy atom. The second-order valence-electron chi connectivity index (χ2n) is 8.00. The highest BCUT2D eigenvalue weighted by Crippen LogP contribution is 2.46. The fraction of sp³-hybridized carbons (Fsp3) is 0.185. The van der Waals surface area contributed by atoms with Crippen LogP contribution < -0.4 is 29.0 Å². The van der Waals surface area contributed by atoms with Crippen LogP contribution in [0.1, 0.15) is 18.2 Å². The molecule has 0 unspecified atom stereocenters. The third-order valence-corrected chi connectivity index (χ3v) is 8.39. The number of benzene rings is 2. The molecule has 2 aromatic carbocycles. The summed E-state index contributed by atoms with van der Waals surface area (Å²) < 4.78 is 11.2. The highest BCUT2D eigenvalue weighted by Gasteiger charge is 2.25. The first kappa shape index (κ1) is 22.5. The van der Waals surface area contributed by atoms with Gasteiger partial charge in [-0.1, -0.05) is 42.1 Å². The molecule has 34 heavy (non-hydrogen) atoms. The van der Waals surface area contributed by atoms with E-state index in [9.17, 15) is 4.79 Å². The van der Waals surface area contributed by atoms with Crippen LogP contribution >= 0.6 is 23.1 Å². The molecular formula is C27H26N3O2S2+. The van der Waals surface area contributed by atoms with Crippen molar-refractivity contribution in [1.29, 1.82) is 0 Å². The molecule has 3 heterocycles. The van der Waals surface area contributed by atoms with Gasteiger partial charge in [-0.15, -0.1) is 11.3 Å². The summed E-state index contributed by atoms with van der Waals surface area (Å²) in [7, 11) is 3.68. The zero-order chi connectivity index (χ0) is 23.7. The van der Waals surface area contributed by atoms with Crippen LogP contribution in [-0.2, 0) is 13.1 Å². The molecule has 1 aliphatic rings. The van der Waals surface area contributed by atoms with E-state index >= 15 is 0 Å². The summed E-state index contributed by atoms with van der Waals surface area (Å²) in [5.74, 6) is 0.811. The summed E-state index contributed by atoms with van der Waals surface area (Å²) in [4.78, 5) is 16.7. The van der Waals surface area contributed by atoms with Gasteiger partial charge >= 0.3 is 0 Å². The third-order valence-electron chi connectivity index (χ3n) is 5.90. The van der Waals surface area contributed by atoms with Crippen LogP contribution in [0.25, 0.3) is 11.1 Å². The number of fused-ring (bicyclic) bond motifs is 1.